The Hall–Kier alpha value is -3.88. The molecule has 9 nitrogen and oxygen atoms in total. The van der Waals surface area contributed by atoms with Gasteiger partial charge in [0.1, 0.15) is 23.8 Å². The van der Waals surface area contributed by atoms with Crippen molar-refractivity contribution in [2.24, 2.45) is 0 Å². The van der Waals surface area contributed by atoms with Crippen LogP contribution < -0.4 is 25.4 Å². The van der Waals surface area contributed by atoms with E-state index in [2.05, 4.69) is 30.9 Å². The first-order valence-corrected chi connectivity index (χ1v) is 8.94. The maximum absolute atomic E-state index is 12.4. The van der Waals surface area contributed by atoms with Gasteiger partial charge in [-0.2, -0.15) is 0 Å². The van der Waals surface area contributed by atoms with Crippen LogP contribution in [0.2, 0.25) is 0 Å². The van der Waals surface area contributed by atoms with Crippen LogP contribution in [0.1, 0.15) is 10.4 Å². The molecule has 0 unspecified atom stereocenters. The Labute approximate surface area is 168 Å². The third-order valence-corrected chi connectivity index (χ3v) is 3.95. The van der Waals surface area contributed by atoms with Gasteiger partial charge < -0.3 is 25.4 Å². The molecule has 3 rings (SSSR count). The second-order valence-electron chi connectivity index (χ2n) is 5.85. The van der Waals surface area contributed by atoms with Crippen molar-refractivity contribution in [1.29, 1.82) is 0 Å². The van der Waals surface area contributed by atoms with E-state index in [0.29, 0.717) is 47.6 Å². The Morgan fingerprint density at radius 3 is 2.55 bits per heavy atom. The number of carbonyl (C=O) groups is 1. The monoisotopic (exact) mass is 394 g/mol. The molecule has 0 aliphatic rings. The van der Waals surface area contributed by atoms with E-state index in [1.807, 2.05) is 18.2 Å². The van der Waals surface area contributed by atoms with E-state index < -0.39 is 0 Å². The van der Waals surface area contributed by atoms with Gasteiger partial charge in [0.05, 0.1) is 19.8 Å². The van der Waals surface area contributed by atoms with E-state index in [1.165, 1.54) is 20.5 Å². The number of aromatic nitrogens is 3. The molecule has 29 heavy (non-hydrogen) atoms. The fraction of sp³-hybridized carbons (Fsp3) is 0.200. The first kappa shape index (κ1) is 19.9. The molecule has 0 fully saturated rings. The first-order chi connectivity index (χ1) is 14.2. The molecule has 0 saturated heterocycles. The Bertz CT molecular complexity index is 952. The molecule has 1 amide bonds. The van der Waals surface area contributed by atoms with Gasteiger partial charge in [0.25, 0.3) is 5.91 Å². The number of hydrogen-bond donors (Lipinski definition) is 3. The minimum atomic E-state index is -0.247. The Morgan fingerprint density at radius 1 is 0.931 bits per heavy atom. The van der Waals surface area contributed by atoms with Gasteiger partial charge in [-0.05, 0) is 24.3 Å². The highest BCUT2D eigenvalue weighted by Gasteiger charge is 2.15. The van der Waals surface area contributed by atoms with Crippen LogP contribution in [0.4, 0.5) is 17.5 Å². The highest BCUT2D eigenvalue weighted by atomic mass is 16.5. The number of benzene rings is 1. The fourth-order valence-electron chi connectivity index (χ4n) is 2.62. The number of rotatable bonds is 9. The molecule has 1 aromatic carbocycles. The summed E-state index contributed by atoms with van der Waals surface area (Å²) in [4.78, 5) is 25.0. The van der Waals surface area contributed by atoms with Gasteiger partial charge in [0.2, 0.25) is 0 Å². The van der Waals surface area contributed by atoms with Crippen LogP contribution in [-0.4, -0.2) is 48.2 Å². The average Bonchev–Trinajstić information content (AvgIpc) is 2.77. The normalized spacial score (nSPS) is 10.1. The molecule has 9 heteroatoms. The number of ether oxygens (including phenoxy) is 2. The number of anilines is 3. The number of methoxy groups -OCH3 is 2. The summed E-state index contributed by atoms with van der Waals surface area (Å²) in [5.41, 5.74) is 0.413. The zero-order valence-electron chi connectivity index (χ0n) is 16.2. The van der Waals surface area contributed by atoms with E-state index in [9.17, 15) is 4.79 Å². The van der Waals surface area contributed by atoms with Gasteiger partial charge in [-0.25, -0.2) is 15.0 Å². The maximum Gasteiger partial charge on any atom is 0.255 e. The Kier molecular flexibility index (Phi) is 6.77. The Morgan fingerprint density at radius 2 is 1.79 bits per heavy atom. The van der Waals surface area contributed by atoms with Gasteiger partial charge in [-0.3, -0.25) is 4.79 Å². The molecule has 0 saturated carbocycles. The summed E-state index contributed by atoms with van der Waals surface area (Å²) in [6, 6.07) is 12.5. The maximum atomic E-state index is 12.4. The number of nitrogens with zero attached hydrogens (tertiary/aromatic N) is 3. The van der Waals surface area contributed by atoms with Crippen molar-refractivity contribution in [3.8, 4) is 11.5 Å². The highest BCUT2D eigenvalue weighted by molar-refractivity contribution is 5.97. The zero-order chi connectivity index (χ0) is 20.5. The van der Waals surface area contributed by atoms with Gasteiger partial charge >= 0.3 is 0 Å². The molecule has 3 N–H and O–H groups in total. The second-order valence-corrected chi connectivity index (χ2v) is 5.85. The van der Waals surface area contributed by atoms with Crippen LogP contribution in [0.5, 0.6) is 11.5 Å². The van der Waals surface area contributed by atoms with Gasteiger partial charge in [-0.15, -0.1) is 0 Å². The van der Waals surface area contributed by atoms with E-state index in [4.69, 9.17) is 9.47 Å². The topological polar surface area (TPSA) is 110 Å². The molecule has 0 radical (unpaired) electrons. The van der Waals surface area contributed by atoms with Gasteiger partial charge in [-0.1, -0.05) is 12.1 Å². The number of nitrogens with one attached hydrogen (secondary N) is 3. The van der Waals surface area contributed by atoms with Crippen molar-refractivity contribution < 1.29 is 14.3 Å². The molecule has 0 aliphatic heterocycles. The van der Waals surface area contributed by atoms with Crippen LogP contribution >= 0.6 is 0 Å². The standard InChI is InChI=1S/C20H22N6O3/c1-28-15-7-5-6-14(19(15)29-2)20(27)23-11-10-22-17-12-18(25-13-24-17)26-16-8-3-4-9-21-16/h3-9,12-13H,10-11H2,1-2H3,(H,23,27)(H2,21,22,24,25,26). The van der Waals surface area contributed by atoms with Crippen molar-refractivity contribution in [3.63, 3.8) is 0 Å². The van der Waals surface area contributed by atoms with Crippen LogP contribution in [0.3, 0.4) is 0 Å². The van der Waals surface area contributed by atoms with Crippen LogP contribution in [-0.2, 0) is 0 Å². The average molecular weight is 394 g/mol. The van der Waals surface area contributed by atoms with Crippen molar-refractivity contribution in [3.05, 3.63) is 60.6 Å². The molecule has 0 spiro atoms. The second kappa shape index (κ2) is 9.88. The largest absolute Gasteiger partial charge is 0.493 e. The van der Waals surface area contributed by atoms with Gasteiger partial charge in [0, 0.05) is 25.4 Å². The lowest BCUT2D eigenvalue weighted by Gasteiger charge is -2.13. The molecule has 150 valence electrons. The third-order valence-electron chi connectivity index (χ3n) is 3.95. The lowest BCUT2D eigenvalue weighted by Crippen LogP contribution is -2.29. The highest BCUT2D eigenvalue weighted by Crippen LogP contribution is 2.30. The van der Waals surface area contributed by atoms with Crippen LogP contribution in [0, 0.1) is 0 Å². The molecule has 2 aromatic heterocycles. The molecule has 3 aromatic rings. The Balaban J connectivity index is 1.52. The van der Waals surface area contributed by atoms with Crippen LogP contribution in [0.25, 0.3) is 0 Å². The summed E-state index contributed by atoms with van der Waals surface area (Å²) in [6.45, 7) is 0.879. The predicted molar refractivity (Wildman–Crippen MR) is 110 cm³/mol. The number of carbonyl (C=O) groups excluding carboxylic acids is 1. The number of para-hydroxylation sites is 1. The van der Waals surface area contributed by atoms with Crippen molar-refractivity contribution in [1.82, 2.24) is 20.3 Å². The molecule has 0 atom stereocenters. The third kappa shape index (κ3) is 5.32. The summed E-state index contributed by atoms with van der Waals surface area (Å²) >= 11 is 0. The lowest BCUT2D eigenvalue weighted by molar-refractivity contribution is 0.0951. The zero-order valence-corrected chi connectivity index (χ0v) is 16.2. The summed E-state index contributed by atoms with van der Waals surface area (Å²) < 4.78 is 10.5. The molecule has 0 bridgehead atoms. The number of amides is 1. The van der Waals surface area contributed by atoms with Crippen LogP contribution in [0.15, 0.2) is 55.0 Å². The minimum Gasteiger partial charge on any atom is -0.493 e. The number of hydrogen-bond acceptors (Lipinski definition) is 8. The smallest absolute Gasteiger partial charge is 0.255 e. The SMILES string of the molecule is COc1cccc(C(=O)NCCNc2cc(Nc3ccccn3)ncn2)c1OC. The summed E-state index contributed by atoms with van der Waals surface area (Å²) in [7, 11) is 3.03. The lowest BCUT2D eigenvalue weighted by atomic mass is 10.1. The van der Waals surface area contributed by atoms with E-state index in [1.54, 1.807) is 30.5 Å². The molecular weight excluding hydrogens is 372 g/mol. The van der Waals surface area contributed by atoms with E-state index in [0.717, 1.165) is 0 Å². The molecular formula is C20H22N6O3. The molecule has 2 heterocycles. The summed E-state index contributed by atoms with van der Waals surface area (Å²) in [5.74, 6) is 2.60. The van der Waals surface area contributed by atoms with E-state index >= 15 is 0 Å². The molecule has 0 aliphatic carbocycles. The minimum absolute atomic E-state index is 0.247. The van der Waals surface area contributed by atoms with E-state index in [-0.39, 0.29) is 5.91 Å². The summed E-state index contributed by atoms with van der Waals surface area (Å²) in [6.07, 6.45) is 3.15. The first-order valence-electron chi connectivity index (χ1n) is 8.94. The van der Waals surface area contributed by atoms with Crippen molar-refractivity contribution in [2.75, 3.05) is 37.9 Å². The van der Waals surface area contributed by atoms with Gasteiger partial charge in [0.15, 0.2) is 11.5 Å². The summed E-state index contributed by atoms with van der Waals surface area (Å²) in [5, 5.41) is 9.09. The number of pyridine rings is 1. The predicted octanol–water partition coefficient (Wildman–Crippen LogP) is 2.47. The van der Waals surface area contributed by atoms with Crippen molar-refractivity contribution in [2.45, 2.75) is 0 Å². The quantitative estimate of drug-likeness (QED) is 0.475. The fourth-order valence-corrected chi connectivity index (χ4v) is 2.62. The van der Waals surface area contributed by atoms with Crippen molar-refractivity contribution >= 4 is 23.4 Å².